The number of amides is 1. The summed E-state index contributed by atoms with van der Waals surface area (Å²) in [5, 5.41) is 3.56. The predicted octanol–water partition coefficient (Wildman–Crippen LogP) is 3.96. The summed E-state index contributed by atoms with van der Waals surface area (Å²) in [5.41, 5.74) is 4.54. The van der Waals surface area contributed by atoms with E-state index in [0.717, 1.165) is 35.4 Å². The van der Waals surface area contributed by atoms with Gasteiger partial charge in [-0.2, -0.15) is 0 Å². The SMILES string of the molecule is Cc1cc(C)c(C)c(OCC(=O)Nc2nc3c(s2)CCCC3)c1. The van der Waals surface area contributed by atoms with Crippen molar-refractivity contribution >= 4 is 22.4 Å². The van der Waals surface area contributed by atoms with Crippen LogP contribution < -0.4 is 10.1 Å². The Hall–Kier alpha value is -1.88. The van der Waals surface area contributed by atoms with Gasteiger partial charge in [-0.1, -0.05) is 6.07 Å². The van der Waals surface area contributed by atoms with Gasteiger partial charge in [0.15, 0.2) is 11.7 Å². The van der Waals surface area contributed by atoms with Crippen LogP contribution in [0.15, 0.2) is 12.1 Å². The van der Waals surface area contributed by atoms with Gasteiger partial charge in [0, 0.05) is 4.88 Å². The zero-order valence-corrected chi connectivity index (χ0v) is 14.7. The molecule has 0 spiro atoms. The van der Waals surface area contributed by atoms with Crippen molar-refractivity contribution in [2.24, 2.45) is 0 Å². The van der Waals surface area contributed by atoms with Crippen molar-refractivity contribution in [3.05, 3.63) is 39.4 Å². The molecular formula is C18H22N2O2S. The highest BCUT2D eigenvalue weighted by Gasteiger charge is 2.16. The normalized spacial score (nSPS) is 13.5. The highest BCUT2D eigenvalue weighted by atomic mass is 32.1. The molecule has 1 heterocycles. The van der Waals surface area contributed by atoms with Crippen LogP contribution >= 0.6 is 11.3 Å². The summed E-state index contributed by atoms with van der Waals surface area (Å²) in [6.07, 6.45) is 4.53. The average Bonchev–Trinajstić information content (AvgIpc) is 2.91. The molecule has 0 saturated heterocycles. The highest BCUT2D eigenvalue weighted by molar-refractivity contribution is 7.15. The molecular weight excluding hydrogens is 308 g/mol. The molecule has 1 aromatic carbocycles. The second kappa shape index (κ2) is 6.71. The van der Waals surface area contributed by atoms with Crippen LogP contribution in [0.1, 0.15) is 40.1 Å². The van der Waals surface area contributed by atoms with Crippen LogP contribution in [-0.2, 0) is 17.6 Å². The van der Waals surface area contributed by atoms with Gasteiger partial charge in [-0.3, -0.25) is 10.1 Å². The fourth-order valence-electron chi connectivity index (χ4n) is 2.85. The molecule has 3 rings (SSSR count). The minimum absolute atomic E-state index is 0.00792. The zero-order chi connectivity index (χ0) is 16.4. The monoisotopic (exact) mass is 330 g/mol. The maximum Gasteiger partial charge on any atom is 0.264 e. The van der Waals surface area contributed by atoms with Crippen molar-refractivity contribution in [2.75, 3.05) is 11.9 Å². The van der Waals surface area contributed by atoms with Crippen molar-refractivity contribution in [1.29, 1.82) is 0 Å². The maximum atomic E-state index is 12.1. The van der Waals surface area contributed by atoms with E-state index in [1.807, 2.05) is 19.9 Å². The second-order valence-electron chi connectivity index (χ2n) is 6.14. The lowest BCUT2D eigenvalue weighted by Crippen LogP contribution is -2.20. The first-order valence-corrected chi connectivity index (χ1v) is 8.83. The van der Waals surface area contributed by atoms with E-state index in [9.17, 15) is 4.79 Å². The predicted molar refractivity (Wildman–Crippen MR) is 93.5 cm³/mol. The van der Waals surface area contributed by atoms with Crippen molar-refractivity contribution in [3.8, 4) is 5.75 Å². The first-order chi connectivity index (χ1) is 11.0. The fraction of sp³-hybridized carbons (Fsp3) is 0.444. The number of aromatic nitrogens is 1. The Morgan fingerprint density at radius 1 is 1.26 bits per heavy atom. The Morgan fingerprint density at radius 2 is 2.04 bits per heavy atom. The third-order valence-corrected chi connectivity index (χ3v) is 5.29. The lowest BCUT2D eigenvalue weighted by atomic mass is 10.0. The molecule has 23 heavy (non-hydrogen) atoms. The largest absolute Gasteiger partial charge is 0.483 e. The van der Waals surface area contributed by atoms with Crippen LogP contribution in [0, 0.1) is 20.8 Å². The molecule has 1 aromatic heterocycles. The molecule has 0 aliphatic heterocycles. The van der Waals surface area contributed by atoms with Crippen LogP contribution in [-0.4, -0.2) is 17.5 Å². The smallest absolute Gasteiger partial charge is 0.264 e. The summed E-state index contributed by atoms with van der Waals surface area (Å²) in [6, 6.07) is 4.08. The molecule has 0 saturated carbocycles. The van der Waals surface area contributed by atoms with Crippen LogP contribution in [0.5, 0.6) is 5.75 Å². The summed E-state index contributed by atoms with van der Waals surface area (Å²) in [5.74, 6) is 0.616. The highest BCUT2D eigenvalue weighted by Crippen LogP contribution is 2.29. The fourth-order valence-corrected chi connectivity index (χ4v) is 3.92. The third-order valence-electron chi connectivity index (χ3n) is 4.21. The van der Waals surface area contributed by atoms with E-state index in [4.69, 9.17) is 4.74 Å². The summed E-state index contributed by atoms with van der Waals surface area (Å²) in [4.78, 5) is 18.0. The molecule has 4 nitrogen and oxygen atoms in total. The minimum atomic E-state index is -0.158. The first-order valence-electron chi connectivity index (χ1n) is 8.02. The van der Waals surface area contributed by atoms with Crippen molar-refractivity contribution < 1.29 is 9.53 Å². The zero-order valence-electron chi connectivity index (χ0n) is 13.9. The van der Waals surface area contributed by atoms with E-state index in [-0.39, 0.29) is 12.5 Å². The first kappa shape index (κ1) is 16.0. The molecule has 122 valence electrons. The number of fused-ring (bicyclic) bond motifs is 1. The number of hydrogen-bond acceptors (Lipinski definition) is 4. The van der Waals surface area contributed by atoms with Gasteiger partial charge in [0.25, 0.3) is 5.91 Å². The molecule has 1 amide bonds. The molecule has 1 N–H and O–H groups in total. The minimum Gasteiger partial charge on any atom is -0.483 e. The Kier molecular flexibility index (Phi) is 4.66. The Morgan fingerprint density at radius 3 is 2.83 bits per heavy atom. The van der Waals surface area contributed by atoms with Crippen molar-refractivity contribution in [3.63, 3.8) is 0 Å². The summed E-state index contributed by atoms with van der Waals surface area (Å²) in [6.45, 7) is 6.10. The molecule has 0 fully saturated rings. The molecule has 0 radical (unpaired) electrons. The second-order valence-corrected chi connectivity index (χ2v) is 7.22. The lowest BCUT2D eigenvalue weighted by Gasteiger charge is -2.11. The Labute approximate surface area is 140 Å². The topological polar surface area (TPSA) is 51.2 Å². The number of nitrogens with zero attached hydrogens (tertiary/aromatic N) is 1. The molecule has 0 atom stereocenters. The van der Waals surface area contributed by atoms with E-state index < -0.39 is 0 Å². The van der Waals surface area contributed by atoms with E-state index in [1.165, 1.54) is 23.3 Å². The Balaban J connectivity index is 1.61. The van der Waals surface area contributed by atoms with E-state index >= 15 is 0 Å². The van der Waals surface area contributed by atoms with Gasteiger partial charge >= 0.3 is 0 Å². The van der Waals surface area contributed by atoms with Gasteiger partial charge in [0.1, 0.15) is 5.75 Å². The van der Waals surface area contributed by atoms with E-state index in [0.29, 0.717) is 5.13 Å². The molecule has 2 aromatic rings. The number of hydrogen-bond donors (Lipinski definition) is 1. The van der Waals surface area contributed by atoms with Gasteiger partial charge in [-0.25, -0.2) is 4.98 Å². The van der Waals surface area contributed by atoms with E-state index in [1.54, 1.807) is 11.3 Å². The Bertz CT molecular complexity index is 713. The number of anilines is 1. The number of carbonyl (C=O) groups is 1. The van der Waals surface area contributed by atoms with Crippen LogP contribution in [0.4, 0.5) is 5.13 Å². The van der Waals surface area contributed by atoms with Crippen LogP contribution in [0.25, 0.3) is 0 Å². The quantitative estimate of drug-likeness (QED) is 0.923. The molecule has 5 heteroatoms. The van der Waals surface area contributed by atoms with Gasteiger partial charge in [-0.15, -0.1) is 11.3 Å². The number of benzene rings is 1. The van der Waals surface area contributed by atoms with Gasteiger partial charge in [0.2, 0.25) is 0 Å². The average molecular weight is 330 g/mol. The number of thiazole rings is 1. The lowest BCUT2D eigenvalue weighted by molar-refractivity contribution is -0.118. The number of nitrogens with one attached hydrogen (secondary N) is 1. The number of aryl methyl sites for hydroxylation is 4. The maximum absolute atomic E-state index is 12.1. The number of carbonyl (C=O) groups excluding carboxylic acids is 1. The van der Waals surface area contributed by atoms with Gasteiger partial charge < -0.3 is 4.74 Å². The molecule has 0 bridgehead atoms. The van der Waals surface area contributed by atoms with Crippen LogP contribution in [0.2, 0.25) is 0 Å². The molecule has 0 unspecified atom stereocenters. The summed E-state index contributed by atoms with van der Waals surface area (Å²) in [7, 11) is 0. The standard InChI is InChI=1S/C18H22N2O2S/c1-11-8-12(2)13(3)15(9-11)22-10-17(21)20-18-19-14-6-4-5-7-16(14)23-18/h8-9H,4-7,10H2,1-3H3,(H,19,20,21). The van der Waals surface area contributed by atoms with Gasteiger partial charge in [0.05, 0.1) is 5.69 Å². The molecule has 1 aliphatic carbocycles. The summed E-state index contributed by atoms with van der Waals surface area (Å²) >= 11 is 1.59. The third kappa shape index (κ3) is 3.72. The van der Waals surface area contributed by atoms with E-state index in [2.05, 4.69) is 23.3 Å². The molecule has 1 aliphatic rings. The van der Waals surface area contributed by atoms with Gasteiger partial charge in [-0.05, 0) is 69.2 Å². The van der Waals surface area contributed by atoms with Crippen molar-refractivity contribution in [2.45, 2.75) is 46.5 Å². The number of rotatable bonds is 4. The summed E-state index contributed by atoms with van der Waals surface area (Å²) < 4.78 is 5.70. The van der Waals surface area contributed by atoms with Crippen LogP contribution in [0.3, 0.4) is 0 Å². The number of ether oxygens (including phenoxy) is 1. The van der Waals surface area contributed by atoms with Crippen molar-refractivity contribution in [1.82, 2.24) is 4.98 Å².